The summed E-state index contributed by atoms with van der Waals surface area (Å²) in [5.74, 6) is 16.1. The summed E-state index contributed by atoms with van der Waals surface area (Å²) in [7, 11) is 0. The van der Waals surface area contributed by atoms with E-state index in [2.05, 4.69) is 122 Å². The zero-order chi connectivity index (χ0) is 67.8. The number of aliphatic hydroxyl groups excluding tert-OH is 3. The van der Waals surface area contributed by atoms with Gasteiger partial charge in [0.15, 0.2) is 0 Å². The minimum absolute atomic E-state index is 0.136. The van der Waals surface area contributed by atoms with Gasteiger partial charge in [-0.1, -0.05) is 139 Å². The summed E-state index contributed by atoms with van der Waals surface area (Å²) in [5.41, 5.74) is 5.09. The Hall–Kier alpha value is -0.740. The van der Waals surface area contributed by atoms with Crippen molar-refractivity contribution in [2.45, 2.75) is 351 Å². The third-order valence-corrected chi connectivity index (χ3v) is 32.1. The van der Waals surface area contributed by atoms with Crippen molar-refractivity contribution in [3.05, 3.63) is 34.9 Å². The van der Waals surface area contributed by atoms with Crippen LogP contribution >= 0.6 is 12.1 Å². The van der Waals surface area contributed by atoms with Crippen molar-refractivity contribution in [1.82, 2.24) is 0 Å². The molecule has 9 fully saturated rings. The number of aliphatic hydroxyl groups is 6. The molecular weight excluding hydrogens is 1170 g/mol. The molecule has 0 radical (unpaired) electrons. The summed E-state index contributed by atoms with van der Waals surface area (Å²) in [6.45, 7) is 34.6. The number of halogens is 1. The van der Waals surface area contributed by atoms with Crippen molar-refractivity contribution in [3.8, 4) is 0 Å². The summed E-state index contributed by atoms with van der Waals surface area (Å²) >= 11 is 0.250. The average molecular weight is 1320 g/mol. The molecule has 0 aromatic heterocycles. The normalized spacial score (nSPS) is 44.1. The van der Waals surface area contributed by atoms with E-state index in [0.29, 0.717) is 34.0 Å². The monoisotopic (exact) mass is 1320 g/mol. The Bertz CT molecular complexity index is 2210. The lowest BCUT2D eigenvalue weighted by Gasteiger charge is -2.55. The Kier molecular flexibility index (Phi) is 26.0. The second-order valence-corrected chi connectivity index (χ2v) is 37.8. The molecule has 12 aliphatic carbocycles. The molecule has 0 spiro atoms. The van der Waals surface area contributed by atoms with Crippen LogP contribution in [0.3, 0.4) is 0 Å². The number of hydrogen-bond donors (Lipinski definition) is 6. The van der Waals surface area contributed by atoms with Crippen LogP contribution in [-0.2, 0) is 0 Å². The van der Waals surface area contributed by atoms with E-state index in [1.807, 2.05) is 0 Å². The molecule has 536 valence electrons. The van der Waals surface area contributed by atoms with E-state index in [1.54, 1.807) is 16.7 Å². The predicted molar refractivity (Wildman–Crippen MR) is 390 cm³/mol. The Morgan fingerprint density at radius 3 is 0.860 bits per heavy atom. The van der Waals surface area contributed by atoms with Gasteiger partial charge in [-0.25, -0.2) is 0 Å². The van der Waals surface area contributed by atoms with E-state index < -0.39 is 16.8 Å². The lowest BCUT2D eigenvalue weighted by atomic mass is 9.50. The predicted octanol–water partition coefficient (Wildman–Crippen LogP) is 21.5. The first-order valence-corrected chi connectivity index (χ1v) is 41.5. The van der Waals surface area contributed by atoms with Crippen LogP contribution in [0.4, 0.5) is 3.89 Å². The Morgan fingerprint density at radius 1 is 0.387 bits per heavy atom. The van der Waals surface area contributed by atoms with Gasteiger partial charge in [-0.3, -0.25) is 0 Å². The average Bonchev–Trinajstić information content (AvgIpc) is 1.68. The second-order valence-electron chi connectivity index (χ2n) is 37.5. The van der Waals surface area contributed by atoms with Crippen LogP contribution in [0.5, 0.6) is 0 Å². The van der Waals surface area contributed by atoms with Crippen molar-refractivity contribution in [2.24, 2.45) is 141 Å². The zero-order valence-corrected chi connectivity index (χ0v) is 63.7. The van der Waals surface area contributed by atoms with Gasteiger partial charge in [-0.2, -0.15) is 3.89 Å². The first kappa shape index (κ1) is 76.4. The molecule has 0 aromatic carbocycles. The summed E-state index contributed by atoms with van der Waals surface area (Å²) in [6.07, 6.45) is 48.1. The second kappa shape index (κ2) is 31.7. The van der Waals surface area contributed by atoms with Gasteiger partial charge in [0.2, 0.25) is 0 Å². The largest absolute Gasteiger partial charge is 0.393 e. The van der Waals surface area contributed by atoms with Crippen molar-refractivity contribution < 1.29 is 34.5 Å². The van der Waals surface area contributed by atoms with Gasteiger partial charge in [0, 0.05) is 18.4 Å². The van der Waals surface area contributed by atoms with Gasteiger partial charge in [-0.15, -0.1) is 0 Å². The van der Waals surface area contributed by atoms with E-state index in [4.69, 9.17) is 0 Å². The molecule has 0 aromatic rings. The quantitative estimate of drug-likeness (QED) is 0.0756. The molecule has 12 aliphatic rings. The highest BCUT2D eigenvalue weighted by molar-refractivity contribution is 7.93. The van der Waals surface area contributed by atoms with E-state index in [0.717, 1.165) is 184 Å². The van der Waals surface area contributed by atoms with Crippen LogP contribution in [0, 0.1) is 141 Å². The van der Waals surface area contributed by atoms with E-state index in [9.17, 15) is 34.5 Å². The molecule has 0 heterocycles. The van der Waals surface area contributed by atoms with Gasteiger partial charge in [-0.05, 0) is 352 Å². The molecule has 0 saturated heterocycles. The standard InChI is InChI=1S/3C28H48O2.CH3FS/c3*1-6-28(30)16-14-21-20(17-28)8-9-23-22(21)13-15-27(5)24(10-11-25(23)27)19(4)7-12-26(29)18(2)3;1-3-2/h3*8,18-19,21-26,29-30H,6-7,9-17H2,1-5H3;1H3/t19-,21+,22-,23-,24-,25+,26?,27-,28+;19-,21+,22-,23-,24-,25+,26+,27-,28+;19-,21+,22-,23-,24-,25+,26-,27-,28+;/m111./s1. The number of fused-ring (bicyclic) bond motifs is 15. The van der Waals surface area contributed by atoms with E-state index >= 15 is 0 Å². The molecule has 0 aliphatic heterocycles. The molecule has 27 atom stereocenters. The molecule has 93 heavy (non-hydrogen) atoms. The Morgan fingerprint density at radius 2 is 0.634 bits per heavy atom. The third-order valence-electron chi connectivity index (χ3n) is 32.1. The van der Waals surface area contributed by atoms with E-state index in [-0.39, 0.29) is 30.5 Å². The maximum atomic E-state index is 10.9. The summed E-state index contributed by atoms with van der Waals surface area (Å²) in [6, 6.07) is 0. The van der Waals surface area contributed by atoms with Gasteiger partial charge in [0.25, 0.3) is 0 Å². The van der Waals surface area contributed by atoms with Gasteiger partial charge in [0.1, 0.15) is 0 Å². The maximum Gasteiger partial charge on any atom is 0.0682 e. The maximum absolute atomic E-state index is 10.9. The van der Waals surface area contributed by atoms with Gasteiger partial charge >= 0.3 is 0 Å². The van der Waals surface area contributed by atoms with Crippen molar-refractivity contribution in [1.29, 1.82) is 0 Å². The minimum atomic E-state index is -0.424. The lowest BCUT2D eigenvalue weighted by Crippen LogP contribution is -2.48. The SMILES string of the molecule is CC[C@]1(O)CC[C@H]2C(=CC[C@@H]3[C@@H]2CC[C@]2(C)[C@@H]([C@H](C)CCC(O)C(C)C)CC[C@@H]32)C1.CC[C@]1(O)CC[C@H]2C(=CC[C@@H]3[C@@H]2CC[C@]2(C)[C@@H]([C@H](C)CC[C@@H](O)C(C)C)CC[C@@H]32)C1.CC[C@]1(O)CC[C@H]2C(=CC[C@@H]3[C@@H]2CC[C@]2(C)[C@@H]([C@H](C)CC[C@H](O)C(C)C)CC[C@@H]32)C1.CSF. The molecule has 0 amide bonds. The van der Waals surface area contributed by atoms with Crippen LogP contribution < -0.4 is 0 Å². The van der Waals surface area contributed by atoms with Gasteiger partial charge < -0.3 is 30.6 Å². The highest BCUT2D eigenvalue weighted by Gasteiger charge is 2.61. The van der Waals surface area contributed by atoms with Crippen molar-refractivity contribution >= 4 is 12.1 Å². The summed E-state index contributed by atoms with van der Waals surface area (Å²) in [4.78, 5) is 0. The molecule has 1 unspecified atom stereocenters. The lowest BCUT2D eigenvalue weighted by molar-refractivity contribution is -0.0467. The Labute approximate surface area is 576 Å². The third kappa shape index (κ3) is 16.1. The summed E-state index contributed by atoms with van der Waals surface area (Å²) in [5, 5.41) is 63.5. The van der Waals surface area contributed by atoms with Crippen molar-refractivity contribution in [2.75, 3.05) is 6.26 Å². The number of allylic oxidation sites excluding steroid dienone is 3. The highest BCUT2D eigenvalue weighted by atomic mass is 32.2. The summed E-state index contributed by atoms with van der Waals surface area (Å²) < 4.78 is 10.2. The fraction of sp³-hybridized carbons (Fsp3) is 0.929. The van der Waals surface area contributed by atoms with Crippen LogP contribution in [-0.4, -0.2) is 72.0 Å². The molecule has 6 N–H and O–H groups in total. The number of rotatable bonds is 18. The fourth-order valence-corrected chi connectivity index (χ4v) is 25.8. The van der Waals surface area contributed by atoms with Crippen LogP contribution in [0.15, 0.2) is 34.9 Å². The molecule has 6 nitrogen and oxygen atoms in total. The van der Waals surface area contributed by atoms with Gasteiger partial charge in [0.05, 0.1) is 35.1 Å². The smallest absolute Gasteiger partial charge is 0.0682 e. The first-order chi connectivity index (χ1) is 44.0. The number of hydrogen-bond acceptors (Lipinski definition) is 7. The van der Waals surface area contributed by atoms with Crippen LogP contribution in [0.1, 0.15) is 316 Å². The first-order valence-electron chi connectivity index (χ1n) is 40.4. The Balaban J connectivity index is 0.000000161. The van der Waals surface area contributed by atoms with Crippen molar-refractivity contribution in [3.63, 3.8) is 0 Å². The molecule has 12 rings (SSSR count). The fourth-order valence-electron chi connectivity index (χ4n) is 25.8. The van der Waals surface area contributed by atoms with E-state index in [1.165, 1.54) is 141 Å². The zero-order valence-electron chi connectivity index (χ0n) is 62.9. The van der Waals surface area contributed by atoms with Crippen LogP contribution in [0.2, 0.25) is 0 Å². The molecule has 8 heteroatoms. The van der Waals surface area contributed by atoms with Crippen LogP contribution in [0.25, 0.3) is 0 Å². The molecular formula is C85H147FO6S. The minimum Gasteiger partial charge on any atom is -0.393 e. The topological polar surface area (TPSA) is 121 Å². The molecule has 9 saturated carbocycles. The molecule has 0 bridgehead atoms. The highest BCUT2D eigenvalue weighted by Crippen LogP contribution is 2.69.